The molecule has 0 radical (unpaired) electrons. The van der Waals surface area contributed by atoms with E-state index in [-0.39, 0.29) is 5.78 Å². The minimum atomic E-state index is -0.0173. The predicted molar refractivity (Wildman–Crippen MR) is 74.8 cm³/mol. The number of nitrogens with zero attached hydrogens (tertiary/aromatic N) is 1. The largest absolute Gasteiger partial charge is 0.487 e. The number of ketones is 1. The maximum Gasteiger partial charge on any atom is 0.159 e. The maximum atomic E-state index is 11.2. The minimum absolute atomic E-state index is 0.0173. The first-order valence-electron chi connectivity index (χ1n) is 5.90. The summed E-state index contributed by atoms with van der Waals surface area (Å²) in [5, 5.41) is 0.438. The first-order valence-corrected chi connectivity index (χ1v) is 6.28. The van der Waals surface area contributed by atoms with Crippen molar-refractivity contribution >= 4 is 17.4 Å². The fraction of sp³-hybridized carbons (Fsp3) is 0.200. The third kappa shape index (κ3) is 3.55. The van der Waals surface area contributed by atoms with E-state index in [1.807, 2.05) is 13.0 Å². The van der Waals surface area contributed by atoms with E-state index in [9.17, 15) is 4.79 Å². The summed E-state index contributed by atoms with van der Waals surface area (Å²) in [6.07, 6.45) is 3.54. The van der Waals surface area contributed by atoms with Gasteiger partial charge < -0.3 is 4.74 Å². The molecule has 1 aromatic carbocycles. The molecule has 1 heterocycles. The monoisotopic (exact) mass is 275 g/mol. The van der Waals surface area contributed by atoms with Gasteiger partial charge in [-0.1, -0.05) is 11.6 Å². The second kappa shape index (κ2) is 5.85. The lowest BCUT2D eigenvalue weighted by molar-refractivity contribution is 0.101. The van der Waals surface area contributed by atoms with E-state index in [2.05, 4.69) is 4.98 Å². The van der Waals surface area contributed by atoms with Gasteiger partial charge in [0.2, 0.25) is 0 Å². The molecule has 98 valence electrons. The van der Waals surface area contributed by atoms with Gasteiger partial charge in [-0.05, 0) is 43.7 Å². The van der Waals surface area contributed by atoms with E-state index in [1.54, 1.807) is 30.6 Å². The van der Waals surface area contributed by atoms with E-state index in [1.165, 1.54) is 6.92 Å². The van der Waals surface area contributed by atoms with E-state index >= 15 is 0 Å². The van der Waals surface area contributed by atoms with Gasteiger partial charge in [0, 0.05) is 23.5 Å². The summed E-state index contributed by atoms with van der Waals surface area (Å²) in [6, 6.07) is 7.04. The molecular formula is C15H14ClNO2. The van der Waals surface area contributed by atoms with Crippen molar-refractivity contribution in [2.75, 3.05) is 0 Å². The molecule has 0 N–H and O–H groups in total. The number of halogens is 1. The van der Waals surface area contributed by atoms with Crippen molar-refractivity contribution < 1.29 is 9.53 Å². The number of Topliss-reactive ketones (excluding diaryl/α,β-unsaturated/α-hetero) is 1. The molecule has 0 aliphatic carbocycles. The zero-order valence-electron chi connectivity index (χ0n) is 10.8. The number of carbonyl (C=O) groups excluding carboxylic acids is 1. The first-order chi connectivity index (χ1) is 9.06. The summed E-state index contributed by atoms with van der Waals surface area (Å²) < 4.78 is 5.63. The first kappa shape index (κ1) is 13.6. The smallest absolute Gasteiger partial charge is 0.159 e. The van der Waals surface area contributed by atoms with Crippen LogP contribution in [0.1, 0.15) is 28.4 Å². The number of carbonyl (C=O) groups is 1. The summed E-state index contributed by atoms with van der Waals surface area (Å²) in [5.74, 6) is 0.546. The second-order valence-corrected chi connectivity index (χ2v) is 4.77. The van der Waals surface area contributed by atoms with Crippen LogP contribution in [0.5, 0.6) is 5.75 Å². The average molecular weight is 276 g/mol. The molecule has 0 saturated heterocycles. The highest BCUT2D eigenvalue weighted by atomic mass is 35.5. The zero-order chi connectivity index (χ0) is 13.8. The Kier molecular flexibility index (Phi) is 4.17. The molecule has 4 heteroatoms. The predicted octanol–water partition coefficient (Wildman–Crippen LogP) is 3.83. The second-order valence-electron chi connectivity index (χ2n) is 4.36. The zero-order valence-corrected chi connectivity index (χ0v) is 11.6. The average Bonchev–Trinajstić information content (AvgIpc) is 2.37. The molecule has 0 amide bonds. The van der Waals surface area contributed by atoms with Crippen molar-refractivity contribution in [3.8, 4) is 5.75 Å². The number of hydrogen-bond acceptors (Lipinski definition) is 3. The lowest BCUT2D eigenvalue weighted by Crippen LogP contribution is -1.98. The molecule has 0 bridgehead atoms. The molecule has 0 spiro atoms. The number of rotatable bonds is 4. The van der Waals surface area contributed by atoms with Crippen LogP contribution in [0.25, 0.3) is 0 Å². The standard InChI is InChI=1S/C15H14ClNO2/c1-10-5-12(8-17-7-10)9-19-15-4-3-13(11(2)18)6-14(15)16/h3-8H,9H2,1-2H3. The lowest BCUT2D eigenvalue weighted by atomic mass is 10.1. The van der Waals surface area contributed by atoms with Gasteiger partial charge in [-0.15, -0.1) is 0 Å². The number of ether oxygens (including phenoxy) is 1. The maximum absolute atomic E-state index is 11.2. The van der Waals surface area contributed by atoms with Crippen LogP contribution in [-0.2, 0) is 6.61 Å². The Hall–Kier alpha value is -1.87. The van der Waals surface area contributed by atoms with Gasteiger partial charge in [-0.25, -0.2) is 0 Å². The number of aryl methyl sites for hydroxylation is 1. The quantitative estimate of drug-likeness (QED) is 0.796. The molecule has 0 aliphatic rings. The summed E-state index contributed by atoms with van der Waals surface area (Å²) in [4.78, 5) is 15.3. The van der Waals surface area contributed by atoms with Gasteiger partial charge in [0.15, 0.2) is 5.78 Å². The van der Waals surface area contributed by atoms with Crippen LogP contribution in [0.15, 0.2) is 36.7 Å². The third-order valence-corrected chi connectivity index (χ3v) is 2.96. The van der Waals surface area contributed by atoms with Crippen LogP contribution in [0.4, 0.5) is 0 Å². The van der Waals surface area contributed by atoms with Gasteiger partial charge >= 0.3 is 0 Å². The van der Waals surface area contributed by atoms with Crippen molar-refractivity contribution in [3.05, 3.63) is 58.4 Å². The molecule has 19 heavy (non-hydrogen) atoms. The van der Waals surface area contributed by atoms with Crippen molar-refractivity contribution in [3.63, 3.8) is 0 Å². The van der Waals surface area contributed by atoms with E-state index in [4.69, 9.17) is 16.3 Å². The number of aromatic nitrogens is 1. The third-order valence-electron chi connectivity index (χ3n) is 2.66. The molecule has 0 atom stereocenters. The summed E-state index contributed by atoms with van der Waals surface area (Å²) in [5.41, 5.74) is 2.64. The van der Waals surface area contributed by atoms with E-state index in [0.717, 1.165) is 11.1 Å². The highest BCUT2D eigenvalue weighted by Crippen LogP contribution is 2.26. The summed E-state index contributed by atoms with van der Waals surface area (Å²) >= 11 is 6.08. The molecule has 2 aromatic rings. The Balaban J connectivity index is 2.10. The van der Waals surface area contributed by atoms with Crippen molar-refractivity contribution in [2.24, 2.45) is 0 Å². The van der Waals surface area contributed by atoms with Crippen LogP contribution in [-0.4, -0.2) is 10.8 Å². The molecule has 0 aliphatic heterocycles. The summed E-state index contributed by atoms with van der Waals surface area (Å²) in [6.45, 7) is 3.88. The number of hydrogen-bond donors (Lipinski definition) is 0. The Morgan fingerprint density at radius 1 is 1.32 bits per heavy atom. The van der Waals surface area contributed by atoms with E-state index in [0.29, 0.717) is 22.9 Å². The Bertz CT molecular complexity index is 611. The Morgan fingerprint density at radius 3 is 2.74 bits per heavy atom. The van der Waals surface area contributed by atoms with Crippen LogP contribution in [0.3, 0.4) is 0 Å². The highest BCUT2D eigenvalue weighted by molar-refractivity contribution is 6.32. The van der Waals surface area contributed by atoms with Crippen molar-refractivity contribution in [1.82, 2.24) is 4.98 Å². The topological polar surface area (TPSA) is 39.2 Å². The van der Waals surface area contributed by atoms with Crippen LogP contribution >= 0.6 is 11.6 Å². The normalized spacial score (nSPS) is 10.3. The molecule has 0 fully saturated rings. The Morgan fingerprint density at radius 2 is 2.11 bits per heavy atom. The minimum Gasteiger partial charge on any atom is -0.487 e. The molecule has 1 aromatic heterocycles. The van der Waals surface area contributed by atoms with Gasteiger partial charge in [-0.3, -0.25) is 9.78 Å². The van der Waals surface area contributed by atoms with Gasteiger partial charge in [0.1, 0.15) is 12.4 Å². The fourth-order valence-corrected chi connectivity index (χ4v) is 1.93. The molecule has 2 rings (SSSR count). The van der Waals surface area contributed by atoms with E-state index < -0.39 is 0 Å². The molecule has 0 unspecified atom stereocenters. The SMILES string of the molecule is CC(=O)c1ccc(OCc2cncc(C)c2)c(Cl)c1. The van der Waals surface area contributed by atoms with Crippen molar-refractivity contribution in [2.45, 2.75) is 20.5 Å². The number of benzene rings is 1. The number of pyridine rings is 1. The Labute approximate surface area is 117 Å². The van der Waals surface area contributed by atoms with Crippen LogP contribution < -0.4 is 4.74 Å². The van der Waals surface area contributed by atoms with Gasteiger partial charge in [0.05, 0.1) is 5.02 Å². The van der Waals surface area contributed by atoms with Gasteiger partial charge in [-0.2, -0.15) is 0 Å². The highest BCUT2D eigenvalue weighted by Gasteiger charge is 2.06. The van der Waals surface area contributed by atoms with Crippen LogP contribution in [0.2, 0.25) is 5.02 Å². The lowest BCUT2D eigenvalue weighted by Gasteiger charge is -2.09. The van der Waals surface area contributed by atoms with Crippen LogP contribution in [0, 0.1) is 6.92 Å². The fourth-order valence-electron chi connectivity index (χ4n) is 1.69. The summed E-state index contributed by atoms with van der Waals surface area (Å²) in [7, 11) is 0. The van der Waals surface area contributed by atoms with Gasteiger partial charge in [0.25, 0.3) is 0 Å². The molecular weight excluding hydrogens is 262 g/mol. The molecule has 3 nitrogen and oxygen atoms in total. The molecule has 0 saturated carbocycles. The van der Waals surface area contributed by atoms with Crippen molar-refractivity contribution in [1.29, 1.82) is 0 Å².